The standard InChI is InChI=1S/C12H22/c1-7-8-9-10(2)11(3)12(4,5)6/h8,11H,7H2,1-6H3. The van der Waals surface area contributed by atoms with Crippen LogP contribution in [-0.2, 0) is 0 Å². The van der Waals surface area contributed by atoms with Crippen molar-refractivity contribution in [3.8, 4) is 0 Å². The fourth-order valence-electron chi connectivity index (χ4n) is 1.04. The molecule has 0 aromatic carbocycles. The van der Waals surface area contributed by atoms with Gasteiger partial charge in [0.15, 0.2) is 0 Å². The molecule has 0 bridgehead atoms. The minimum Gasteiger partial charge on any atom is -0.126 e. The van der Waals surface area contributed by atoms with Crippen molar-refractivity contribution in [2.45, 2.75) is 48.0 Å². The molecule has 0 heteroatoms. The lowest BCUT2D eigenvalue weighted by molar-refractivity contribution is 0.301. The molecular formula is C12H22. The van der Waals surface area contributed by atoms with Gasteiger partial charge in [-0.05, 0) is 36.3 Å². The zero-order valence-electron chi connectivity index (χ0n) is 9.36. The molecule has 0 aromatic rings. The van der Waals surface area contributed by atoms with Crippen LogP contribution in [0.4, 0.5) is 0 Å². The van der Waals surface area contributed by atoms with E-state index in [1.54, 1.807) is 0 Å². The summed E-state index contributed by atoms with van der Waals surface area (Å²) >= 11 is 0. The third-order valence-corrected chi connectivity index (χ3v) is 2.48. The van der Waals surface area contributed by atoms with Gasteiger partial charge in [-0.25, -0.2) is 0 Å². The molecule has 0 aliphatic carbocycles. The van der Waals surface area contributed by atoms with Gasteiger partial charge in [0, 0.05) is 0 Å². The lowest BCUT2D eigenvalue weighted by Gasteiger charge is -2.26. The molecule has 0 fully saturated rings. The van der Waals surface area contributed by atoms with Gasteiger partial charge in [0.2, 0.25) is 0 Å². The van der Waals surface area contributed by atoms with Crippen molar-refractivity contribution in [2.24, 2.45) is 11.3 Å². The van der Waals surface area contributed by atoms with Gasteiger partial charge in [0.1, 0.15) is 0 Å². The van der Waals surface area contributed by atoms with Crippen LogP contribution in [-0.4, -0.2) is 0 Å². The van der Waals surface area contributed by atoms with E-state index in [-0.39, 0.29) is 0 Å². The first-order chi connectivity index (χ1) is 5.39. The summed E-state index contributed by atoms with van der Waals surface area (Å²) in [6.45, 7) is 13.4. The van der Waals surface area contributed by atoms with Crippen LogP contribution in [0.1, 0.15) is 48.0 Å². The van der Waals surface area contributed by atoms with Crippen LogP contribution >= 0.6 is 0 Å². The van der Waals surface area contributed by atoms with Crippen LogP contribution in [0.25, 0.3) is 0 Å². The second-order valence-corrected chi connectivity index (χ2v) is 4.53. The summed E-state index contributed by atoms with van der Waals surface area (Å²) in [5, 5.41) is 0. The van der Waals surface area contributed by atoms with Crippen LogP contribution in [0.3, 0.4) is 0 Å². The number of allylic oxidation sites excluding steroid dienone is 1. The SMILES string of the molecule is CCC=C=C(C)C(C)C(C)(C)C. The maximum atomic E-state index is 3.33. The molecule has 0 aromatic heterocycles. The van der Waals surface area contributed by atoms with E-state index in [1.807, 2.05) is 0 Å². The first-order valence-corrected chi connectivity index (χ1v) is 4.81. The van der Waals surface area contributed by atoms with Crippen LogP contribution < -0.4 is 0 Å². The molecule has 12 heavy (non-hydrogen) atoms. The van der Waals surface area contributed by atoms with Crippen molar-refractivity contribution < 1.29 is 0 Å². The Hall–Kier alpha value is -0.480. The van der Waals surface area contributed by atoms with Crippen molar-refractivity contribution in [2.75, 3.05) is 0 Å². The Kier molecular flexibility index (Phi) is 4.34. The highest BCUT2D eigenvalue weighted by molar-refractivity contribution is 5.05. The fraction of sp³-hybridized carbons (Fsp3) is 0.750. The molecule has 0 nitrogen and oxygen atoms in total. The van der Waals surface area contributed by atoms with Crippen molar-refractivity contribution in [3.63, 3.8) is 0 Å². The number of rotatable bonds is 2. The molecule has 0 amide bonds. The minimum atomic E-state index is 0.360. The molecule has 1 atom stereocenters. The average Bonchev–Trinajstić information content (AvgIpc) is 1.97. The van der Waals surface area contributed by atoms with Crippen LogP contribution in [0.15, 0.2) is 17.4 Å². The van der Waals surface area contributed by atoms with Crippen molar-refractivity contribution >= 4 is 0 Å². The Morgan fingerprint density at radius 3 is 2.25 bits per heavy atom. The van der Waals surface area contributed by atoms with Crippen molar-refractivity contribution in [3.05, 3.63) is 17.4 Å². The Balaban J connectivity index is 4.50. The topological polar surface area (TPSA) is 0 Å². The molecule has 70 valence electrons. The summed E-state index contributed by atoms with van der Waals surface area (Å²) in [5.41, 5.74) is 5.06. The van der Waals surface area contributed by atoms with Gasteiger partial charge in [-0.1, -0.05) is 34.6 Å². The molecule has 0 aliphatic rings. The van der Waals surface area contributed by atoms with Gasteiger partial charge >= 0.3 is 0 Å². The zero-order chi connectivity index (χ0) is 9.78. The third kappa shape index (κ3) is 3.78. The second kappa shape index (κ2) is 4.52. The highest BCUT2D eigenvalue weighted by Gasteiger charge is 2.20. The van der Waals surface area contributed by atoms with Gasteiger partial charge in [-0.2, -0.15) is 0 Å². The minimum absolute atomic E-state index is 0.360. The Morgan fingerprint density at radius 2 is 1.92 bits per heavy atom. The van der Waals surface area contributed by atoms with E-state index in [1.165, 1.54) is 5.57 Å². The van der Waals surface area contributed by atoms with E-state index in [4.69, 9.17) is 0 Å². The third-order valence-electron chi connectivity index (χ3n) is 2.48. The predicted molar refractivity (Wildman–Crippen MR) is 56.2 cm³/mol. The highest BCUT2D eigenvalue weighted by atomic mass is 14.2. The highest BCUT2D eigenvalue weighted by Crippen LogP contribution is 2.30. The fourth-order valence-corrected chi connectivity index (χ4v) is 1.04. The molecule has 0 saturated heterocycles. The maximum absolute atomic E-state index is 3.33. The van der Waals surface area contributed by atoms with Crippen molar-refractivity contribution in [1.29, 1.82) is 0 Å². The van der Waals surface area contributed by atoms with Crippen LogP contribution in [0.2, 0.25) is 0 Å². The second-order valence-electron chi connectivity index (χ2n) is 4.53. The number of hydrogen-bond acceptors (Lipinski definition) is 0. The van der Waals surface area contributed by atoms with Crippen LogP contribution in [0, 0.1) is 11.3 Å². The van der Waals surface area contributed by atoms with Gasteiger partial charge in [0.25, 0.3) is 0 Å². The van der Waals surface area contributed by atoms with E-state index in [2.05, 4.69) is 53.3 Å². The van der Waals surface area contributed by atoms with Gasteiger partial charge in [-0.3, -0.25) is 0 Å². The summed E-state index contributed by atoms with van der Waals surface area (Å²) in [6.07, 6.45) is 3.19. The lowest BCUT2D eigenvalue weighted by Crippen LogP contribution is -2.17. The van der Waals surface area contributed by atoms with E-state index in [0.717, 1.165) is 6.42 Å². The molecule has 0 aliphatic heterocycles. The monoisotopic (exact) mass is 166 g/mol. The zero-order valence-corrected chi connectivity index (χ0v) is 9.36. The summed E-state index contributed by atoms with van der Waals surface area (Å²) in [7, 11) is 0. The Morgan fingerprint density at radius 1 is 1.42 bits per heavy atom. The van der Waals surface area contributed by atoms with E-state index in [0.29, 0.717) is 11.3 Å². The molecule has 0 saturated carbocycles. The smallest absolute Gasteiger partial charge is 0.0110 e. The molecule has 0 rings (SSSR count). The molecule has 0 radical (unpaired) electrons. The first kappa shape index (κ1) is 11.5. The summed E-state index contributed by atoms with van der Waals surface area (Å²) in [6, 6.07) is 0. The van der Waals surface area contributed by atoms with E-state index >= 15 is 0 Å². The molecular weight excluding hydrogens is 144 g/mol. The maximum Gasteiger partial charge on any atom is -0.0110 e. The van der Waals surface area contributed by atoms with Crippen LogP contribution in [0.5, 0.6) is 0 Å². The molecule has 0 spiro atoms. The molecule has 0 heterocycles. The lowest BCUT2D eigenvalue weighted by atomic mass is 9.78. The van der Waals surface area contributed by atoms with Gasteiger partial charge in [0.05, 0.1) is 0 Å². The largest absolute Gasteiger partial charge is 0.126 e. The normalized spacial score (nSPS) is 13.5. The van der Waals surface area contributed by atoms with Crippen molar-refractivity contribution in [1.82, 2.24) is 0 Å². The summed E-state index contributed by atoms with van der Waals surface area (Å²) in [4.78, 5) is 0. The average molecular weight is 166 g/mol. The van der Waals surface area contributed by atoms with E-state index in [9.17, 15) is 0 Å². The predicted octanol–water partition coefficient (Wildman–Crippen LogP) is 4.18. The quantitative estimate of drug-likeness (QED) is 0.540. The van der Waals surface area contributed by atoms with Gasteiger partial charge in [-0.15, -0.1) is 5.73 Å². The molecule has 0 N–H and O–H groups in total. The van der Waals surface area contributed by atoms with Gasteiger partial charge < -0.3 is 0 Å². The van der Waals surface area contributed by atoms with E-state index < -0.39 is 0 Å². The first-order valence-electron chi connectivity index (χ1n) is 4.81. The molecule has 1 unspecified atom stereocenters. The summed E-state index contributed by atoms with van der Waals surface area (Å²) < 4.78 is 0. The summed E-state index contributed by atoms with van der Waals surface area (Å²) in [5.74, 6) is 0.611. The number of hydrogen-bond donors (Lipinski definition) is 0. The Labute approximate surface area is 77.4 Å². The Bertz CT molecular complexity index is 185.